The lowest BCUT2D eigenvalue weighted by Crippen LogP contribution is -2.37. The Balaban J connectivity index is 1.40. The van der Waals surface area contributed by atoms with Crippen molar-refractivity contribution in [2.75, 3.05) is 15.4 Å². The summed E-state index contributed by atoms with van der Waals surface area (Å²) in [4.78, 5) is 8.97. The molecule has 1 saturated heterocycles. The predicted molar refractivity (Wildman–Crippen MR) is 151 cm³/mol. The fourth-order valence-corrected chi connectivity index (χ4v) is 7.59. The van der Waals surface area contributed by atoms with E-state index in [4.69, 9.17) is 15.2 Å². The highest BCUT2D eigenvalue weighted by Gasteiger charge is 2.54. The van der Waals surface area contributed by atoms with Crippen molar-refractivity contribution in [3.05, 3.63) is 71.1 Å². The standard InChI is InChI=1S/C29H33F2N5O5S/c1-14-5-8-17(9-6-14)42(38,39)36(22-12-18(22)16-7-10-19(30)20(31)11-16)28-24(32)27(33-15(2)34-28)35-21-13-23(37)26-25(21)40-29(3,4)41-26/h5-11,18,21-23,25-26,37H,12-13,32H2,1-4H3,(H,33,34,35)/t18-,21+,22+,23-,25-,26+/m0/s1. The first kappa shape index (κ1) is 28.7. The quantitative estimate of drug-likeness (QED) is 0.369. The first-order chi connectivity index (χ1) is 19.7. The van der Waals surface area contributed by atoms with Crippen molar-refractivity contribution >= 4 is 27.3 Å². The second-order valence-corrected chi connectivity index (χ2v) is 13.5. The summed E-state index contributed by atoms with van der Waals surface area (Å²) < 4.78 is 69.2. The smallest absolute Gasteiger partial charge is 0.265 e. The number of ether oxygens (including phenoxy) is 2. The lowest BCUT2D eigenvalue weighted by molar-refractivity contribution is -0.162. The number of nitrogen functional groups attached to an aromatic ring is 1. The molecule has 10 nitrogen and oxygen atoms in total. The molecule has 224 valence electrons. The van der Waals surface area contributed by atoms with Gasteiger partial charge in [0, 0.05) is 5.92 Å². The van der Waals surface area contributed by atoms with Crippen LogP contribution in [0.2, 0.25) is 0 Å². The number of aliphatic hydroxyl groups excluding tert-OH is 1. The Kier molecular flexibility index (Phi) is 6.91. The highest BCUT2D eigenvalue weighted by molar-refractivity contribution is 7.92. The highest BCUT2D eigenvalue weighted by Crippen LogP contribution is 2.50. The summed E-state index contributed by atoms with van der Waals surface area (Å²) in [6, 6.07) is 8.90. The van der Waals surface area contributed by atoms with E-state index in [2.05, 4.69) is 15.3 Å². The Bertz CT molecular complexity index is 1640. The van der Waals surface area contributed by atoms with E-state index >= 15 is 0 Å². The molecule has 0 bridgehead atoms. The summed E-state index contributed by atoms with van der Waals surface area (Å²) in [5.74, 6) is -2.86. The summed E-state index contributed by atoms with van der Waals surface area (Å²) >= 11 is 0. The van der Waals surface area contributed by atoms with Gasteiger partial charge in [0.2, 0.25) is 0 Å². The van der Waals surface area contributed by atoms with Crippen molar-refractivity contribution in [3.63, 3.8) is 0 Å². The van der Waals surface area contributed by atoms with E-state index in [1.807, 2.05) is 6.92 Å². The van der Waals surface area contributed by atoms with Gasteiger partial charge < -0.3 is 25.6 Å². The average Bonchev–Trinajstić information content (AvgIpc) is 3.54. The SMILES string of the molecule is Cc1ccc(S(=O)(=O)N(c2nc(C)nc(N[C@@H]3C[C@H](O)[C@H]4OC(C)(C)O[C@H]43)c2N)[C@@H]2C[C@H]2c2ccc(F)c(F)c2)cc1. The summed E-state index contributed by atoms with van der Waals surface area (Å²) in [7, 11) is -4.21. The number of anilines is 3. The van der Waals surface area contributed by atoms with Crippen LogP contribution in [0.25, 0.3) is 0 Å². The maximum absolute atomic E-state index is 14.2. The maximum Gasteiger partial charge on any atom is 0.265 e. The van der Waals surface area contributed by atoms with Crippen molar-refractivity contribution in [2.45, 2.75) is 87.5 Å². The van der Waals surface area contributed by atoms with Crippen molar-refractivity contribution in [1.29, 1.82) is 0 Å². The highest BCUT2D eigenvalue weighted by atomic mass is 32.2. The van der Waals surface area contributed by atoms with Crippen LogP contribution in [0, 0.1) is 25.5 Å². The predicted octanol–water partition coefficient (Wildman–Crippen LogP) is 3.77. The van der Waals surface area contributed by atoms with E-state index in [0.717, 1.165) is 17.7 Å². The molecule has 3 aromatic rings. The molecule has 0 spiro atoms. The molecule has 0 radical (unpaired) electrons. The number of rotatable bonds is 7. The minimum atomic E-state index is -4.21. The number of fused-ring (bicyclic) bond motifs is 1. The van der Waals surface area contributed by atoms with E-state index in [9.17, 15) is 22.3 Å². The zero-order chi connectivity index (χ0) is 30.1. The van der Waals surface area contributed by atoms with Crippen LogP contribution in [0.3, 0.4) is 0 Å². The zero-order valence-corrected chi connectivity index (χ0v) is 24.4. The summed E-state index contributed by atoms with van der Waals surface area (Å²) in [5.41, 5.74) is 7.95. The lowest BCUT2D eigenvalue weighted by atomic mass is 10.1. The minimum absolute atomic E-state index is 0.0108. The van der Waals surface area contributed by atoms with Gasteiger partial charge in [-0.3, -0.25) is 0 Å². The van der Waals surface area contributed by atoms with Gasteiger partial charge in [-0.1, -0.05) is 23.8 Å². The maximum atomic E-state index is 14.2. The Morgan fingerprint density at radius 2 is 1.71 bits per heavy atom. The van der Waals surface area contributed by atoms with Gasteiger partial charge in [0.1, 0.15) is 23.7 Å². The van der Waals surface area contributed by atoms with E-state index in [1.165, 1.54) is 22.5 Å². The normalized spacial score (nSPS) is 28.0. The number of aryl methyl sites for hydroxylation is 2. The molecule has 2 aliphatic carbocycles. The molecule has 1 aliphatic heterocycles. The molecule has 6 atom stereocenters. The molecule has 3 fully saturated rings. The lowest BCUT2D eigenvalue weighted by Gasteiger charge is -2.28. The fraction of sp³-hybridized carbons (Fsp3) is 0.448. The zero-order valence-electron chi connectivity index (χ0n) is 23.6. The first-order valence-electron chi connectivity index (χ1n) is 13.8. The van der Waals surface area contributed by atoms with E-state index in [-0.39, 0.29) is 28.0 Å². The third-order valence-corrected chi connectivity index (χ3v) is 9.84. The number of nitrogens with one attached hydrogen (secondary N) is 1. The Labute approximate surface area is 242 Å². The number of aromatic nitrogens is 2. The monoisotopic (exact) mass is 601 g/mol. The molecule has 0 amide bonds. The summed E-state index contributed by atoms with van der Waals surface area (Å²) in [5, 5.41) is 13.9. The second-order valence-electron chi connectivity index (χ2n) is 11.7. The molecule has 6 rings (SSSR count). The Hall–Kier alpha value is -3.39. The van der Waals surface area contributed by atoms with Crippen LogP contribution in [0.15, 0.2) is 47.4 Å². The molecule has 1 aromatic heterocycles. The number of sulfonamides is 1. The van der Waals surface area contributed by atoms with Gasteiger partial charge in [0.15, 0.2) is 29.1 Å². The molecule has 4 N–H and O–H groups in total. The van der Waals surface area contributed by atoms with Crippen LogP contribution in [0.1, 0.15) is 49.6 Å². The average molecular weight is 602 g/mol. The molecule has 13 heteroatoms. The molecule has 3 aliphatic rings. The molecule has 0 unspecified atom stereocenters. The second kappa shape index (κ2) is 10.1. The van der Waals surface area contributed by atoms with Gasteiger partial charge in [-0.05, 0) is 70.4 Å². The first-order valence-corrected chi connectivity index (χ1v) is 15.2. The van der Waals surface area contributed by atoms with Gasteiger partial charge >= 0.3 is 0 Å². The molecule has 2 aromatic carbocycles. The van der Waals surface area contributed by atoms with Gasteiger partial charge in [-0.2, -0.15) is 0 Å². The molecule has 2 heterocycles. The van der Waals surface area contributed by atoms with Crippen LogP contribution in [-0.2, 0) is 19.5 Å². The summed E-state index contributed by atoms with van der Waals surface area (Å²) in [6.07, 6.45) is -1.15. The topological polar surface area (TPSA) is 140 Å². The van der Waals surface area contributed by atoms with Gasteiger partial charge in [-0.15, -0.1) is 0 Å². The van der Waals surface area contributed by atoms with Crippen LogP contribution in [-0.4, -0.2) is 59.7 Å². The van der Waals surface area contributed by atoms with Crippen molar-refractivity contribution in [1.82, 2.24) is 9.97 Å². The van der Waals surface area contributed by atoms with Crippen molar-refractivity contribution in [2.24, 2.45) is 0 Å². The van der Waals surface area contributed by atoms with E-state index < -0.39 is 63.8 Å². The number of nitrogens with two attached hydrogens (primary N) is 1. The van der Waals surface area contributed by atoms with E-state index in [0.29, 0.717) is 18.4 Å². The number of benzene rings is 2. The molecular weight excluding hydrogens is 568 g/mol. The van der Waals surface area contributed by atoms with Crippen LogP contribution < -0.4 is 15.4 Å². The largest absolute Gasteiger partial charge is 0.393 e. The van der Waals surface area contributed by atoms with Crippen molar-refractivity contribution in [3.8, 4) is 0 Å². The molecular formula is C29H33F2N5O5S. The summed E-state index contributed by atoms with van der Waals surface area (Å²) in [6.45, 7) is 7.00. The van der Waals surface area contributed by atoms with Gasteiger partial charge in [-0.25, -0.2) is 31.5 Å². The fourth-order valence-electron chi connectivity index (χ4n) is 5.93. The van der Waals surface area contributed by atoms with Crippen LogP contribution in [0.5, 0.6) is 0 Å². The van der Waals surface area contributed by atoms with Crippen molar-refractivity contribution < 1.29 is 31.8 Å². The van der Waals surface area contributed by atoms with Gasteiger partial charge in [0.05, 0.1) is 23.1 Å². The Morgan fingerprint density at radius 1 is 1.02 bits per heavy atom. The molecule has 2 saturated carbocycles. The third-order valence-electron chi connectivity index (χ3n) is 8.01. The van der Waals surface area contributed by atoms with Gasteiger partial charge in [0.25, 0.3) is 10.0 Å². The number of halogens is 2. The number of aliphatic hydroxyl groups is 1. The number of hydrogen-bond acceptors (Lipinski definition) is 9. The number of hydrogen-bond donors (Lipinski definition) is 3. The van der Waals surface area contributed by atoms with Crippen LogP contribution >= 0.6 is 0 Å². The van der Waals surface area contributed by atoms with Crippen LogP contribution in [0.4, 0.5) is 26.1 Å². The third kappa shape index (κ3) is 5.08. The molecule has 42 heavy (non-hydrogen) atoms. The number of nitrogens with zero attached hydrogens (tertiary/aromatic N) is 3. The Morgan fingerprint density at radius 3 is 2.40 bits per heavy atom. The van der Waals surface area contributed by atoms with E-state index in [1.54, 1.807) is 32.9 Å². The minimum Gasteiger partial charge on any atom is -0.393 e.